The van der Waals surface area contributed by atoms with Crippen LogP contribution in [-0.2, 0) is 6.54 Å². The summed E-state index contributed by atoms with van der Waals surface area (Å²) in [4.78, 5) is 4.04. The first-order chi connectivity index (χ1) is 7.28. The third-order valence-corrected chi connectivity index (χ3v) is 5.52. The van der Waals surface area contributed by atoms with Crippen LogP contribution in [0.2, 0.25) is 0 Å². The van der Waals surface area contributed by atoms with Crippen molar-refractivity contribution >= 4 is 43.2 Å². The number of likely N-dealkylation sites (tertiary alicyclic amines) is 1. The largest absolute Gasteiger partial charge is 0.298 e. The topological polar surface area (TPSA) is 3.24 Å². The molecule has 84 valence electrons. The standard InChI is InChI=1S/C11H15Br2NS/c12-6-9-1-3-14(4-2-9)7-11-5-10(13)8-15-11/h5,8-9H,1-4,6-7H2. The minimum Gasteiger partial charge on any atom is -0.298 e. The third-order valence-electron chi connectivity index (χ3n) is 2.93. The van der Waals surface area contributed by atoms with E-state index in [0.29, 0.717) is 0 Å². The summed E-state index contributed by atoms with van der Waals surface area (Å²) >= 11 is 8.93. The quantitative estimate of drug-likeness (QED) is 0.739. The minimum absolute atomic E-state index is 0.899. The second-order valence-corrected chi connectivity index (χ2v) is 6.66. The summed E-state index contributed by atoms with van der Waals surface area (Å²) in [5, 5.41) is 3.34. The fraction of sp³-hybridized carbons (Fsp3) is 0.636. The Morgan fingerprint density at radius 3 is 2.67 bits per heavy atom. The highest BCUT2D eigenvalue weighted by Gasteiger charge is 2.18. The molecule has 0 saturated carbocycles. The van der Waals surface area contributed by atoms with Crippen LogP contribution in [-0.4, -0.2) is 23.3 Å². The highest BCUT2D eigenvalue weighted by molar-refractivity contribution is 9.10. The molecule has 1 fully saturated rings. The van der Waals surface area contributed by atoms with Crippen LogP contribution in [0.5, 0.6) is 0 Å². The molecule has 1 aliphatic heterocycles. The van der Waals surface area contributed by atoms with Crippen molar-refractivity contribution in [3.63, 3.8) is 0 Å². The second-order valence-electron chi connectivity index (χ2n) is 4.11. The van der Waals surface area contributed by atoms with Crippen molar-refractivity contribution in [3.8, 4) is 0 Å². The van der Waals surface area contributed by atoms with Gasteiger partial charge in [-0.3, -0.25) is 4.90 Å². The molecular formula is C11H15Br2NS. The average molecular weight is 353 g/mol. The molecule has 1 saturated heterocycles. The summed E-state index contributed by atoms with van der Waals surface area (Å²) in [5.41, 5.74) is 0. The van der Waals surface area contributed by atoms with E-state index in [1.165, 1.54) is 40.6 Å². The molecule has 0 aromatic carbocycles. The fourth-order valence-electron chi connectivity index (χ4n) is 1.96. The normalized spacial score (nSPS) is 19.6. The van der Waals surface area contributed by atoms with Gasteiger partial charge in [0.1, 0.15) is 0 Å². The lowest BCUT2D eigenvalue weighted by Gasteiger charge is -2.30. The van der Waals surface area contributed by atoms with Crippen molar-refractivity contribution in [3.05, 3.63) is 20.8 Å². The minimum atomic E-state index is 0.899. The Kier molecular flexibility index (Phi) is 4.68. The SMILES string of the molecule is BrCC1CCN(Cc2cc(Br)cs2)CC1. The van der Waals surface area contributed by atoms with Gasteiger partial charge in [0, 0.05) is 26.6 Å². The maximum absolute atomic E-state index is 3.58. The van der Waals surface area contributed by atoms with E-state index in [0.717, 1.165) is 12.5 Å². The predicted octanol–water partition coefficient (Wildman–Crippen LogP) is 4.12. The average Bonchev–Trinajstić information content (AvgIpc) is 2.65. The lowest BCUT2D eigenvalue weighted by molar-refractivity contribution is 0.189. The molecule has 0 amide bonds. The molecule has 0 aliphatic carbocycles. The number of thiophene rings is 1. The Morgan fingerprint density at radius 2 is 2.13 bits per heavy atom. The van der Waals surface area contributed by atoms with E-state index in [2.05, 4.69) is 48.2 Å². The maximum atomic E-state index is 3.58. The van der Waals surface area contributed by atoms with Crippen molar-refractivity contribution in [2.75, 3.05) is 18.4 Å². The zero-order valence-electron chi connectivity index (χ0n) is 8.59. The maximum Gasteiger partial charge on any atom is 0.0328 e. The molecule has 0 unspecified atom stereocenters. The molecule has 0 N–H and O–H groups in total. The Hall–Kier alpha value is 0.620. The Balaban J connectivity index is 1.82. The van der Waals surface area contributed by atoms with Crippen molar-refractivity contribution in [2.45, 2.75) is 19.4 Å². The van der Waals surface area contributed by atoms with Crippen LogP contribution >= 0.6 is 43.2 Å². The van der Waals surface area contributed by atoms with E-state index in [-0.39, 0.29) is 0 Å². The Morgan fingerprint density at radius 1 is 1.40 bits per heavy atom. The van der Waals surface area contributed by atoms with Gasteiger partial charge in [-0.1, -0.05) is 15.9 Å². The number of hydrogen-bond donors (Lipinski definition) is 0. The molecule has 4 heteroatoms. The summed E-state index contributed by atoms with van der Waals surface area (Å²) < 4.78 is 1.22. The molecule has 0 spiro atoms. The molecule has 0 bridgehead atoms. The summed E-state index contributed by atoms with van der Waals surface area (Å²) in [7, 11) is 0. The van der Waals surface area contributed by atoms with E-state index in [1.54, 1.807) is 0 Å². The number of alkyl halides is 1. The van der Waals surface area contributed by atoms with E-state index in [9.17, 15) is 0 Å². The van der Waals surface area contributed by atoms with Gasteiger partial charge in [0.2, 0.25) is 0 Å². The van der Waals surface area contributed by atoms with Gasteiger partial charge in [-0.25, -0.2) is 0 Å². The molecule has 2 heterocycles. The summed E-state index contributed by atoms with van der Waals surface area (Å²) in [6.07, 6.45) is 2.69. The molecule has 1 nitrogen and oxygen atoms in total. The highest BCUT2D eigenvalue weighted by atomic mass is 79.9. The number of piperidine rings is 1. The number of nitrogens with zero attached hydrogens (tertiary/aromatic N) is 1. The molecule has 0 radical (unpaired) electrons. The highest BCUT2D eigenvalue weighted by Crippen LogP contribution is 2.24. The van der Waals surface area contributed by atoms with Crippen LogP contribution in [0.15, 0.2) is 15.9 Å². The Bertz CT molecular complexity index is 305. The van der Waals surface area contributed by atoms with E-state index < -0.39 is 0 Å². The molecule has 1 aliphatic rings. The zero-order valence-corrected chi connectivity index (χ0v) is 12.6. The van der Waals surface area contributed by atoms with Crippen molar-refractivity contribution < 1.29 is 0 Å². The van der Waals surface area contributed by atoms with Crippen LogP contribution < -0.4 is 0 Å². The van der Waals surface area contributed by atoms with Gasteiger partial charge < -0.3 is 0 Å². The summed E-state index contributed by atoms with van der Waals surface area (Å²) in [6.45, 7) is 3.64. The fourth-order valence-corrected chi connectivity index (χ4v) is 4.10. The predicted molar refractivity (Wildman–Crippen MR) is 73.8 cm³/mol. The Labute approximate surface area is 112 Å². The van der Waals surface area contributed by atoms with E-state index >= 15 is 0 Å². The number of hydrogen-bond acceptors (Lipinski definition) is 2. The van der Waals surface area contributed by atoms with Gasteiger partial charge in [-0.05, 0) is 53.8 Å². The summed E-state index contributed by atoms with van der Waals surface area (Å²) in [6, 6.07) is 2.24. The molecule has 2 rings (SSSR count). The third kappa shape index (κ3) is 3.55. The van der Waals surface area contributed by atoms with Gasteiger partial charge in [0.05, 0.1) is 0 Å². The van der Waals surface area contributed by atoms with Gasteiger partial charge in [-0.15, -0.1) is 11.3 Å². The zero-order chi connectivity index (χ0) is 10.7. The lowest BCUT2D eigenvalue weighted by atomic mass is 9.99. The first-order valence-electron chi connectivity index (χ1n) is 5.29. The van der Waals surface area contributed by atoms with Crippen LogP contribution in [0.4, 0.5) is 0 Å². The first-order valence-corrected chi connectivity index (χ1v) is 8.08. The van der Waals surface area contributed by atoms with Crippen LogP contribution in [0.3, 0.4) is 0 Å². The monoisotopic (exact) mass is 351 g/mol. The van der Waals surface area contributed by atoms with E-state index in [4.69, 9.17) is 0 Å². The van der Waals surface area contributed by atoms with E-state index in [1.807, 2.05) is 11.3 Å². The second kappa shape index (κ2) is 5.80. The number of rotatable bonds is 3. The van der Waals surface area contributed by atoms with Crippen LogP contribution in [0, 0.1) is 5.92 Å². The molecule has 1 aromatic heterocycles. The first kappa shape index (κ1) is 12.1. The lowest BCUT2D eigenvalue weighted by Crippen LogP contribution is -2.33. The molecular weight excluding hydrogens is 338 g/mol. The van der Waals surface area contributed by atoms with Gasteiger partial charge in [-0.2, -0.15) is 0 Å². The summed E-state index contributed by atoms with van der Waals surface area (Å²) in [5.74, 6) is 0.899. The molecule has 15 heavy (non-hydrogen) atoms. The van der Waals surface area contributed by atoms with Gasteiger partial charge in [0.15, 0.2) is 0 Å². The van der Waals surface area contributed by atoms with Crippen molar-refractivity contribution in [2.24, 2.45) is 5.92 Å². The van der Waals surface area contributed by atoms with Crippen molar-refractivity contribution in [1.82, 2.24) is 4.90 Å². The van der Waals surface area contributed by atoms with Crippen LogP contribution in [0.25, 0.3) is 0 Å². The molecule has 0 atom stereocenters. The van der Waals surface area contributed by atoms with Crippen molar-refractivity contribution in [1.29, 1.82) is 0 Å². The van der Waals surface area contributed by atoms with Gasteiger partial charge in [0.25, 0.3) is 0 Å². The number of halogens is 2. The van der Waals surface area contributed by atoms with Crippen LogP contribution in [0.1, 0.15) is 17.7 Å². The van der Waals surface area contributed by atoms with Gasteiger partial charge >= 0.3 is 0 Å². The smallest absolute Gasteiger partial charge is 0.0328 e. The molecule has 1 aromatic rings.